The van der Waals surface area contributed by atoms with Gasteiger partial charge in [0.2, 0.25) is 0 Å². The van der Waals surface area contributed by atoms with Gasteiger partial charge in [0.25, 0.3) is 10.1 Å². The first-order valence-corrected chi connectivity index (χ1v) is 6.50. The van der Waals surface area contributed by atoms with E-state index in [1.54, 1.807) is 24.3 Å². The summed E-state index contributed by atoms with van der Waals surface area (Å²) >= 11 is 0. The van der Waals surface area contributed by atoms with E-state index in [2.05, 4.69) is 5.32 Å². The largest absolute Gasteiger partial charge is 0.371 e. The molecule has 0 amide bonds. The molecule has 6 heteroatoms. The number of hydrogen-bond acceptors (Lipinski definition) is 4. The molecule has 0 spiro atoms. The number of hydrogen-bond donors (Lipinski definition) is 3. The highest BCUT2D eigenvalue weighted by Crippen LogP contribution is 2.36. The molecule has 0 saturated carbocycles. The molecule has 0 heterocycles. The number of nitrogens with one attached hydrogen (secondary N) is 1. The molecule has 0 saturated heterocycles. The molecule has 5 nitrogen and oxygen atoms in total. The van der Waals surface area contributed by atoms with Crippen LogP contribution in [0.2, 0.25) is 0 Å². The zero-order valence-electron chi connectivity index (χ0n) is 9.21. The van der Waals surface area contributed by atoms with Crippen LogP contribution in [0, 0.1) is 0 Å². The van der Waals surface area contributed by atoms with Gasteiger partial charge in [-0.1, -0.05) is 24.3 Å². The summed E-state index contributed by atoms with van der Waals surface area (Å²) in [6.45, 7) is 0. The van der Waals surface area contributed by atoms with Gasteiger partial charge >= 0.3 is 0 Å². The van der Waals surface area contributed by atoms with Gasteiger partial charge < -0.3 is 5.11 Å². The maximum absolute atomic E-state index is 11.1. The maximum atomic E-state index is 11.1. The van der Waals surface area contributed by atoms with Gasteiger partial charge in [-0.15, -0.1) is 0 Å². The lowest BCUT2D eigenvalue weighted by Gasteiger charge is -2.33. The van der Waals surface area contributed by atoms with Crippen LogP contribution in [0.25, 0.3) is 6.08 Å². The Morgan fingerprint density at radius 3 is 2.59 bits per heavy atom. The lowest BCUT2D eigenvalue weighted by molar-refractivity contribution is 0.00845. The van der Waals surface area contributed by atoms with Crippen LogP contribution < -0.4 is 5.32 Å². The summed E-state index contributed by atoms with van der Waals surface area (Å²) in [6, 6.07) is 6.89. The average molecular weight is 255 g/mol. The summed E-state index contributed by atoms with van der Waals surface area (Å²) in [5, 5.41) is 13.0. The van der Waals surface area contributed by atoms with Crippen molar-refractivity contribution in [2.45, 2.75) is 12.1 Å². The lowest BCUT2D eigenvalue weighted by atomic mass is 9.89. The second-order valence-electron chi connectivity index (χ2n) is 3.96. The molecule has 1 atom stereocenters. The van der Waals surface area contributed by atoms with E-state index in [4.69, 9.17) is 4.55 Å². The molecule has 3 N–H and O–H groups in total. The third-order valence-corrected chi connectivity index (χ3v) is 3.82. The minimum absolute atomic E-state index is 0.195. The summed E-state index contributed by atoms with van der Waals surface area (Å²) in [4.78, 5) is -0.201. The summed E-state index contributed by atoms with van der Waals surface area (Å²) in [7, 11) is -2.76. The molecule has 0 aliphatic heterocycles. The summed E-state index contributed by atoms with van der Waals surface area (Å²) in [5.41, 5.74) is -0.311. The quantitative estimate of drug-likeness (QED) is 0.534. The second-order valence-corrected chi connectivity index (χ2v) is 5.43. The van der Waals surface area contributed by atoms with Crippen molar-refractivity contribution < 1.29 is 18.1 Å². The molecule has 1 aliphatic rings. The molecule has 0 radical (unpaired) electrons. The Balaban J connectivity index is 2.65. The Hall–Kier alpha value is -1.21. The van der Waals surface area contributed by atoms with Gasteiger partial charge in [-0.05, 0) is 18.7 Å². The van der Waals surface area contributed by atoms with Crippen molar-refractivity contribution in [2.24, 2.45) is 0 Å². The van der Waals surface area contributed by atoms with Crippen LogP contribution in [0.3, 0.4) is 0 Å². The van der Waals surface area contributed by atoms with E-state index in [1.165, 1.54) is 13.1 Å². The molecule has 1 aliphatic carbocycles. The fourth-order valence-electron chi connectivity index (χ4n) is 1.96. The predicted octanol–water partition coefficient (Wildman–Crippen LogP) is 0.683. The first-order valence-electron chi connectivity index (χ1n) is 5.06. The SMILES string of the molecule is CNC1(O)CC(S(=O)(=O)O)=Cc2ccccc21. The van der Waals surface area contributed by atoms with Crippen LogP contribution in [0.1, 0.15) is 17.5 Å². The van der Waals surface area contributed by atoms with Crippen LogP contribution in [-0.2, 0) is 15.8 Å². The van der Waals surface area contributed by atoms with E-state index >= 15 is 0 Å². The fourth-order valence-corrected chi connectivity index (χ4v) is 2.63. The van der Waals surface area contributed by atoms with Gasteiger partial charge in [-0.3, -0.25) is 9.87 Å². The summed E-state index contributed by atoms with van der Waals surface area (Å²) < 4.78 is 31.4. The van der Waals surface area contributed by atoms with E-state index < -0.39 is 15.8 Å². The Bertz CT molecular complexity index is 579. The topological polar surface area (TPSA) is 86.6 Å². The molecule has 0 aromatic heterocycles. The molecule has 1 unspecified atom stereocenters. The first-order chi connectivity index (χ1) is 7.87. The fraction of sp³-hybridized carbons (Fsp3) is 0.273. The van der Waals surface area contributed by atoms with E-state index in [1.807, 2.05) is 0 Å². The third kappa shape index (κ3) is 2.12. The summed E-state index contributed by atoms with van der Waals surface area (Å²) in [5.74, 6) is 0. The van der Waals surface area contributed by atoms with Crippen LogP contribution in [0.4, 0.5) is 0 Å². The minimum Gasteiger partial charge on any atom is -0.371 e. The van der Waals surface area contributed by atoms with Gasteiger partial charge in [0.05, 0.1) is 4.91 Å². The van der Waals surface area contributed by atoms with Crippen LogP contribution in [-0.4, -0.2) is 25.1 Å². The first kappa shape index (κ1) is 12.3. The number of fused-ring (bicyclic) bond motifs is 1. The maximum Gasteiger partial charge on any atom is 0.290 e. The van der Waals surface area contributed by atoms with Gasteiger partial charge in [-0.25, -0.2) is 0 Å². The average Bonchev–Trinajstić information content (AvgIpc) is 2.28. The molecular formula is C11H13NO4S. The van der Waals surface area contributed by atoms with E-state index in [0.29, 0.717) is 11.1 Å². The van der Waals surface area contributed by atoms with Crippen molar-refractivity contribution >= 4 is 16.2 Å². The third-order valence-electron chi connectivity index (χ3n) is 2.90. The second kappa shape index (κ2) is 3.92. The molecule has 1 aromatic rings. The zero-order chi connectivity index (χ0) is 12.7. The smallest absolute Gasteiger partial charge is 0.290 e. The van der Waals surface area contributed by atoms with Crippen molar-refractivity contribution in [1.82, 2.24) is 5.32 Å². The normalized spacial score (nSPS) is 24.1. The zero-order valence-corrected chi connectivity index (χ0v) is 10.0. The molecule has 2 rings (SSSR count). The Morgan fingerprint density at radius 2 is 2.00 bits per heavy atom. The van der Waals surface area contributed by atoms with Crippen LogP contribution in [0.5, 0.6) is 0 Å². The Morgan fingerprint density at radius 1 is 1.35 bits per heavy atom. The van der Waals surface area contributed by atoms with Gasteiger partial charge in [-0.2, -0.15) is 8.42 Å². The van der Waals surface area contributed by atoms with E-state index in [9.17, 15) is 13.5 Å². The highest BCUT2D eigenvalue weighted by molar-refractivity contribution is 7.90. The monoisotopic (exact) mass is 255 g/mol. The van der Waals surface area contributed by atoms with Crippen molar-refractivity contribution in [3.8, 4) is 0 Å². The molecule has 0 fully saturated rings. The number of aliphatic hydroxyl groups is 1. The van der Waals surface area contributed by atoms with Crippen molar-refractivity contribution in [2.75, 3.05) is 7.05 Å². The molecule has 92 valence electrons. The molecule has 1 aromatic carbocycles. The highest BCUT2D eigenvalue weighted by atomic mass is 32.2. The lowest BCUT2D eigenvalue weighted by Crippen LogP contribution is -2.42. The standard InChI is InChI=1S/C11H13NO4S/c1-12-11(13)7-9(17(14,15)16)6-8-4-2-3-5-10(8)11/h2-6,12-13H,7H2,1H3,(H,14,15,16). The van der Waals surface area contributed by atoms with Gasteiger partial charge in [0, 0.05) is 12.0 Å². The predicted molar refractivity (Wildman–Crippen MR) is 63.5 cm³/mol. The highest BCUT2D eigenvalue weighted by Gasteiger charge is 2.37. The Labute approximate surface area is 99.5 Å². The Kier molecular flexibility index (Phi) is 2.82. The van der Waals surface area contributed by atoms with E-state index in [0.717, 1.165) is 0 Å². The summed E-state index contributed by atoms with van der Waals surface area (Å²) in [6.07, 6.45) is 1.18. The molecule has 17 heavy (non-hydrogen) atoms. The molecule has 0 bridgehead atoms. The minimum atomic E-state index is -4.29. The van der Waals surface area contributed by atoms with Crippen molar-refractivity contribution in [3.63, 3.8) is 0 Å². The van der Waals surface area contributed by atoms with E-state index in [-0.39, 0.29) is 11.3 Å². The van der Waals surface area contributed by atoms with Gasteiger partial charge in [0.15, 0.2) is 0 Å². The number of rotatable bonds is 2. The van der Waals surface area contributed by atoms with Crippen LogP contribution in [0.15, 0.2) is 29.2 Å². The van der Waals surface area contributed by atoms with Crippen molar-refractivity contribution in [1.29, 1.82) is 0 Å². The van der Waals surface area contributed by atoms with Crippen LogP contribution >= 0.6 is 0 Å². The number of benzene rings is 1. The van der Waals surface area contributed by atoms with Gasteiger partial charge in [0.1, 0.15) is 5.72 Å². The van der Waals surface area contributed by atoms with Crippen molar-refractivity contribution in [3.05, 3.63) is 40.3 Å². The molecular weight excluding hydrogens is 242 g/mol.